The van der Waals surface area contributed by atoms with Crippen LogP contribution in [0, 0.1) is 0 Å². The van der Waals surface area contributed by atoms with Crippen LogP contribution in [0.5, 0.6) is 0 Å². The zero-order chi connectivity index (χ0) is 17.5. The fourth-order valence-electron chi connectivity index (χ4n) is 1.47. The van der Waals surface area contributed by atoms with E-state index in [0.29, 0.717) is 13.0 Å². The van der Waals surface area contributed by atoms with Gasteiger partial charge in [-0.1, -0.05) is 57.2 Å². The minimum absolute atomic E-state index is 0.279. The number of amides is 2. The molecule has 126 valence electrons. The van der Waals surface area contributed by atoms with E-state index in [4.69, 9.17) is 5.73 Å². The van der Waals surface area contributed by atoms with Crippen LogP contribution in [0.15, 0.2) is 36.5 Å². The van der Waals surface area contributed by atoms with Gasteiger partial charge in [0.05, 0.1) is 12.6 Å². The van der Waals surface area contributed by atoms with Crippen LogP contribution in [0.3, 0.4) is 0 Å². The van der Waals surface area contributed by atoms with Gasteiger partial charge in [-0.15, -0.1) is 0 Å². The van der Waals surface area contributed by atoms with Gasteiger partial charge in [0.15, 0.2) is 0 Å². The molecular weight excluding hydrogens is 280 g/mol. The molecule has 1 heterocycles. The molecular formula is C17H30N2O3. The lowest BCUT2D eigenvalue weighted by atomic mass is 10.2. The summed E-state index contributed by atoms with van der Waals surface area (Å²) in [5.74, 6) is -0.347. The van der Waals surface area contributed by atoms with Crippen LogP contribution in [0.4, 0.5) is 4.79 Å². The Morgan fingerprint density at radius 1 is 1.50 bits per heavy atom. The molecule has 1 aliphatic heterocycles. The van der Waals surface area contributed by atoms with Crippen molar-refractivity contribution in [2.24, 2.45) is 5.73 Å². The maximum Gasteiger partial charge on any atom is 0.416 e. The van der Waals surface area contributed by atoms with E-state index < -0.39 is 12.1 Å². The quantitative estimate of drug-likeness (QED) is 0.807. The fraction of sp³-hybridized carbons (Fsp3) is 0.529. The number of allylic oxidation sites excluding steroid dienone is 5. The molecule has 22 heavy (non-hydrogen) atoms. The highest BCUT2D eigenvalue weighted by molar-refractivity contribution is 5.95. The molecule has 5 nitrogen and oxygen atoms in total. The number of cyclic esters (lactones) is 1. The van der Waals surface area contributed by atoms with Crippen molar-refractivity contribution in [1.29, 1.82) is 0 Å². The summed E-state index contributed by atoms with van der Waals surface area (Å²) < 4.78 is 4.59. The number of rotatable bonds is 4. The first-order valence-electron chi connectivity index (χ1n) is 7.63. The summed E-state index contributed by atoms with van der Waals surface area (Å²) in [6.07, 6.45) is 7.76. The summed E-state index contributed by atoms with van der Waals surface area (Å²) in [4.78, 5) is 23.2. The standard InChI is InChI=1S/C8H12.C7H12N2O3.C2H6/c1-4-6-8(3)7-5-2;1-2-5(8)6(10)9-3-4-12-7(9)11;1-2/h4-7H,1H2,2-3H3;5H,2-4,8H2,1H3;1-2H3/b7-5-,8-6-;;. The molecule has 1 aliphatic rings. The smallest absolute Gasteiger partial charge is 0.416 e. The first-order valence-corrected chi connectivity index (χ1v) is 7.63. The van der Waals surface area contributed by atoms with Crippen molar-refractivity contribution in [3.8, 4) is 0 Å². The highest BCUT2D eigenvalue weighted by Gasteiger charge is 2.30. The highest BCUT2D eigenvalue weighted by Crippen LogP contribution is 2.05. The number of carbonyl (C=O) groups is 2. The Hall–Kier alpha value is -1.88. The van der Waals surface area contributed by atoms with Gasteiger partial charge >= 0.3 is 6.09 Å². The molecule has 1 rings (SSSR count). The van der Waals surface area contributed by atoms with Gasteiger partial charge in [-0.25, -0.2) is 9.69 Å². The Morgan fingerprint density at radius 2 is 2.09 bits per heavy atom. The molecule has 1 unspecified atom stereocenters. The molecule has 2 amide bonds. The molecule has 0 radical (unpaired) electrons. The number of imide groups is 1. The van der Waals surface area contributed by atoms with E-state index in [0.717, 1.165) is 4.90 Å². The zero-order valence-corrected chi connectivity index (χ0v) is 14.5. The topological polar surface area (TPSA) is 72.6 Å². The maximum absolute atomic E-state index is 11.3. The van der Waals surface area contributed by atoms with Gasteiger partial charge in [-0.3, -0.25) is 4.79 Å². The third kappa shape index (κ3) is 9.13. The number of ether oxygens (including phenoxy) is 1. The normalized spacial score (nSPS) is 15.3. The summed E-state index contributed by atoms with van der Waals surface area (Å²) in [7, 11) is 0. The lowest BCUT2D eigenvalue weighted by molar-refractivity contribution is -0.129. The van der Waals surface area contributed by atoms with E-state index in [1.54, 1.807) is 13.0 Å². The van der Waals surface area contributed by atoms with Gasteiger partial charge in [0.2, 0.25) is 5.91 Å². The number of hydrogen-bond acceptors (Lipinski definition) is 4. The Balaban J connectivity index is 0. The van der Waals surface area contributed by atoms with Crippen LogP contribution in [-0.4, -0.2) is 36.1 Å². The van der Waals surface area contributed by atoms with E-state index in [1.807, 2.05) is 45.9 Å². The predicted octanol–water partition coefficient (Wildman–Crippen LogP) is 3.42. The van der Waals surface area contributed by atoms with Crippen molar-refractivity contribution in [3.63, 3.8) is 0 Å². The molecule has 0 spiro atoms. The minimum atomic E-state index is -0.587. The molecule has 0 saturated carbocycles. The van der Waals surface area contributed by atoms with Crippen LogP contribution in [-0.2, 0) is 9.53 Å². The van der Waals surface area contributed by atoms with Crippen molar-refractivity contribution >= 4 is 12.0 Å². The lowest BCUT2D eigenvalue weighted by Gasteiger charge is -2.14. The second-order valence-electron chi connectivity index (χ2n) is 4.27. The Morgan fingerprint density at radius 3 is 2.45 bits per heavy atom. The first kappa shape index (κ1) is 22.4. The second kappa shape index (κ2) is 14.1. The maximum atomic E-state index is 11.3. The molecule has 1 fully saturated rings. The largest absolute Gasteiger partial charge is 0.447 e. The third-order valence-electron chi connectivity index (χ3n) is 2.59. The Bertz CT molecular complexity index is 401. The molecule has 0 aromatic heterocycles. The van der Waals surface area contributed by atoms with Gasteiger partial charge in [0.25, 0.3) is 0 Å². The van der Waals surface area contributed by atoms with Gasteiger partial charge in [-0.05, 0) is 20.3 Å². The van der Waals surface area contributed by atoms with Gasteiger partial charge < -0.3 is 10.5 Å². The second-order valence-corrected chi connectivity index (χ2v) is 4.27. The SMILES string of the molecule is C=C/C=C(C)\C=C/C.CC.CCC(N)C(=O)N1CCOC1=O. The van der Waals surface area contributed by atoms with Gasteiger partial charge in [0, 0.05) is 0 Å². The van der Waals surface area contributed by atoms with Crippen LogP contribution in [0.1, 0.15) is 41.0 Å². The molecule has 2 N–H and O–H groups in total. The van der Waals surface area contributed by atoms with E-state index in [1.165, 1.54) is 5.57 Å². The van der Waals surface area contributed by atoms with E-state index in [2.05, 4.69) is 11.3 Å². The molecule has 5 heteroatoms. The van der Waals surface area contributed by atoms with Crippen molar-refractivity contribution in [1.82, 2.24) is 4.90 Å². The van der Waals surface area contributed by atoms with Crippen molar-refractivity contribution in [2.75, 3.05) is 13.2 Å². The highest BCUT2D eigenvalue weighted by atomic mass is 16.6. The third-order valence-corrected chi connectivity index (χ3v) is 2.59. The Kier molecular flexibility index (Phi) is 14.3. The van der Waals surface area contributed by atoms with Gasteiger partial charge in [-0.2, -0.15) is 0 Å². The summed E-state index contributed by atoms with van der Waals surface area (Å²) in [6.45, 7) is 14.0. The van der Waals surface area contributed by atoms with Crippen molar-refractivity contribution in [2.45, 2.75) is 47.1 Å². The lowest BCUT2D eigenvalue weighted by Crippen LogP contribution is -2.43. The van der Waals surface area contributed by atoms with E-state index in [-0.39, 0.29) is 12.5 Å². The number of nitrogens with two attached hydrogens (primary N) is 1. The van der Waals surface area contributed by atoms with Gasteiger partial charge in [0.1, 0.15) is 6.61 Å². The molecule has 1 atom stereocenters. The number of carbonyl (C=O) groups excluding carboxylic acids is 2. The number of nitrogens with zero attached hydrogens (tertiary/aromatic N) is 1. The molecule has 0 aromatic rings. The molecule has 0 aromatic carbocycles. The fourth-order valence-corrected chi connectivity index (χ4v) is 1.47. The van der Waals surface area contributed by atoms with E-state index in [9.17, 15) is 9.59 Å². The van der Waals surface area contributed by atoms with Crippen LogP contribution < -0.4 is 5.73 Å². The molecule has 1 saturated heterocycles. The number of hydrogen-bond donors (Lipinski definition) is 1. The summed E-state index contributed by atoms with van der Waals surface area (Å²) in [5.41, 5.74) is 6.70. The van der Waals surface area contributed by atoms with Crippen LogP contribution in [0.2, 0.25) is 0 Å². The van der Waals surface area contributed by atoms with Crippen molar-refractivity contribution in [3.05, 3.63) is 36.5 Å². The summed E-state index contributed by atoms with van der Waals surface area (Å²) in [5, 5.41) is 0. The summed E-state index contributed by atoms with van der Waals surface area (Å²) >= 11 is 0. The zero-order valence-electron chi connectivity index (χ0n) is 14.5. The molecule has 0 aliphatic carbocycles. The monoisotopic (exact) mass is 310 g/mol. The first-order chi connectivity index (χ1) is 10.5. The summed E-state index contributed by atoms with van der Waals surface area (Å²) in [6, 6.07) is -0.587. The average Bonchev–Trinajstić information content (AvgIpc) is 2.95. The van der Waals surface area contributed by atoms with E-state index >= 15 is 0 Å². The minimum Gasteiger partial charge on any atom is -0.447 e. The average molecular weight is 310 g/mol. The molecule has 0 bridgehead atoms. The van der Waals surface area contributed by atoms with Crippen molar-refractivity contribution < 1.29 is 14.3 Å². The van der Waals surface area contributed by atoms with Crippen LogP contribution in [0.25, 0.3) is 0 Å². The Labute approximate surface area is 134 Å². The predicted molar refractivity (Wildman–Crippen MR) is 91.4 cm³/mol. The van der Waals surface area contributed by atoms with Crippen LogP contribution >= 0.6 is 0 Å².